The number of hydrogen-bond donors (Lipinski definition) is 2. The molecule has 9 nitrogen and oxygen atoms in total. The number of thiazole rings is 1. The molecule has 176 valence electrons. The number of nitrogens with zero attached hydrogens (tertiary/aromatic N) is 4. The third-order valence-corrected chi connectivity index (χ3v) is 6.47. The number of carbonyl (C=O) groups is 1. The van der Waals surface area contributed by atoms with Gasteiger partial charge < -0.3 is 5.11 Å². The van der Waals surface area contributed by atoms with Gasteiger partial charge in [0.2, 0.25) is 5.62 Å². The number of carboxylic acids is 1. The Hall–Kier alpha value is -3.50. The monoisotopic (exact) mass is 499 g/mol. The number of aliphatic carboxylic acids is 1. The van der Waals surface area contributed by atoms with E-state index in [-0.39, 0.29) is 18.7 Å². The fourth-order valence-corrected chi connectivity index (χ4v) is 4.37. The summed E-state index contributed by atoms with van der Waals surface area (Å²) in [5, 5.41) is 11.0. The molecule has 0 aliphatic heterocycles. The van der Waals surface area contributed by atoms with E-state index in [2.05, 4.69) is 15.0 Å². The van der Waals surface area contributed by atoms with Gasteiger partial charge in [-0.1, -0.05) is 23.7 Å². The maximum atomic E-state index is 13.4. The lowest BCUT2D eigenvalue weighted by Gasteiger charge is -2.20. The number of benzene rings is 2. The standard InChI is InChI=1S/C23H22ClN5O4S/c1-13-25-17-9-8-16(10-18(17)34-13)26-20-27-21(32)29(12-23(2,3)19(30)31)22(33)28(20)11-14-4-6-15(24)7-5-14/h4-10H,11-12H2,1-3H3,(H,30,31)(H,26,27,32). The average molecular weight is 500 g/mol. The number of H-pyrrole nitrogens is 1. The van der Waals surface area contributed by atoms with Gasteiger partial charge in [-0.2, -0.15) is 0 Å². The largest absolute Gasteiger partial charge is 0.481 e. The number of aromatic amines is 1. The number of nitrogens with one attached hydrogen (secondary N) is 1. The van der Waals surface area contributed by atoms with Crippen molar-refractivity contribution in [2.45, 2.75) is 33.9 Å². The molecule has 0 bridgehead atoms. The van der Waals surface area contributed by atoms with Crippen molar-refractivity contribution in [2.24, 2.45) is 10.4 Å². The van der Waals surface area contributed by atoms with Crippen LogP contribution in [0.1, 0.15) is 24.4 Å². The van der Waals surface area contributed by atoms with Crippen molar-refractivity contribution in [2.75, 3.05) is 0 Å². The summed E-state index contributed by atoms with van der Waals surface area (Å²) in [5.74, 6) is -1.12. The van der Waals surface area contributed by atoms with Crippen LogP contribution >= 0.6 is 22.9 Å². The summed E-state index contributed by atoms with van der Waals surface area (Å²) in [5.41, 5.74) is -0.540. The summed E-state index contributed by atoms with van der Waals surface area (Å²) < 4.78 is 3.13. The van der Waals surface area contributed by atoms with Gasteiger partial charge in [0.25, 0.3) is 0 Å². The highest BCUT2D eigenvalue weighted by Gasteiger charge is 2.29. The van der Waals surface area contributed by atoms with E-state index < -0.39 is 22.8 Å². The molecule has 0 spiro atoms. The van der Waals surface area contributed by atoms with Crippen LogP contribution in [0.3, 0.4) is 0 Å². The summed E-state index contributed by atoms with van der Waals surface area (Å²) in [6.07, 6.45) is 0. The van der Waals surface area contributed by atoms with Crippen LogP contribution in [0.4, 0.5) is 5.69 Å². The van der Waals surface area contributed by atoms with Gasteiger partial charge in [0.1, 0.15) is 0 Å². The minimum Gasteiger partial charge on any atom is -0.481 e. The second-order valence-corrected chi connectivity index (χ2v) is 10.2. The predicted molar refractivity (Wildman–Crippen MR) is 131 cm³/mol. The molecule has 2 heterocycles. The van der Waals surface area contributed by atoms with E-state index in [0.29, 0.717) is 10.7 Å². The van der Waals surface area contributed by atoms with E-state index in [1.165, 1.54) is 29.8 Å². The summed E-state index contributed by atoms with van der Waals surface area (Å²) in [4.78, 5) is 49.5. The van der Waals surface area contributed by atoms with E-state index >= 15 is 0 Å². The SMILES string of the molecule is Cc1nc2ccc(/N=c3\[nH]c(=O)n(CC(C)(C)C(=O)O)c(=O)n3Cc3ccc(Cl)cc3)cc2s1. The summed E-state index contributed by atoms with van der Waals surface area (Å²) in [6, 6.07) is 12.4. The molecule has 0 radical (unpaired) electrons. The Balaban J connectivity index is 1.91. The normalized spacial score (nSPS) is 12.4. The third kappa shape index (κ3) is 4.87. The Kier molecular flexibility index (Phi) is 6.28. The van der Waals surface area contributed by atoms with Gasteiger partial charge in [0.15, 0.2) is 0 Å². The van der Waals surface area contributed by atoms with Crippen LogP contribution in [0, 0.1) is 12.3 Å². The molecule has 2 aromatic carbocycles. The number of rotatable bonds is 6. The molecule has 4 rings (SSSR count). The zero-order chi connectivity index (χ0) is 24.6. The molecular formula is C23H22ClN5O4S. The predicted octanol–water partition coefficient (Wildman–Crippen LogP) is 3.30. The Bertz CT molecular complexity index is 1580. The maximum Gasteiger partial charge on any atom is 0.335 e. The molecule has 0 saturated carbocycles. The van der Waals surface area contributed by atoms with Crippen LogP contribution in [-0.2, 0) is 17.9 Å². The Morgan fingerprint density at radius 2 is 1.88 bits per heavy atom. The maximum absolute atomic E-state index is 13.4. The molecule has 2 N–H and O–H groups in total. The lowest BCUT2D eigenvalue weighted by Crippen LogP contribution is -2.52. The first-order valence-electron chi connectivity index (χ1n) is 10.4. The minimum absolute atomic E-state index is 0.0509. The van der Waals surface area contributed by atoms with Crippen LogP contribution in [0.15, 0.2) is 57.0 Å². The summed E-state index contributed by atoms with van der Waals surface area (Å²) >= 11 is 7.50. The van der Waals surface area contributed by atoms with Crippen LogP contribution in [0.2, 0.25) is 5.02 Å². The van der Waals surface area contributed by atoms with Crippen LogP contribution in [-0.4, -0.2) is 30.2 Å². The molecule has 34 heavy (non-hydrogen) atoms. The van der Waals surface area contributed by atoms with Crippen molar-refractivity contribution >= 4 is 44.8 Å². The third-order valence-electron chi connectivity index (χ3n) is 5.28. The number of carboxylic acid groups (broad SMARTS) is 1. The van der Waals surface area contributed by atoms with Gasteiger partial charge in [-0.25, -0.2) is 24.1 Å². The van der Waals surface area contributed by atoms with Crippen molar-refractivity contribution in [3.05, 3.63) is 84.6 Å². The van der Waals surface area contributed by atoms with E-state index in [1.54, 1.807) is 30.3 Å². The molecule has 0 aliphatic carbocycles. The van der Waals surface area contributed by atoms with Crippen molar-refractivity contribution in [1.82, 2.24) is 19.1 Å². The highest BCUT2D eigenvalue weighted by atomic mass is 35.5. The van der Waals surface area contributed by atoms with Gasteiger partial charge in [-0.15, -0.1) is 11.3 Å². The first-order chi connectivity index (χ1) is 16.0. The molecule has 0 saturated heterocycles. The molecule has 2 aromatic heterocycles. The number of aryl methyl sites for hydroxylation is 1. The molecular weight excluding hydrogens is 478 g/mol. The molecule has 11 heteroatoms. The first kappa shape index (κ1) is 23.7. The molecule has 0 unspecified atom stereocenters. The molecule has 0 fully saturated rings. The molecule has 0 atom stereocenters. The fraction of sp³-hybridized carbons (Fsp3) is 0.261. The van der Waals surface area contributed by atoms with Crippen molar-refractivity contribution in [1.29, 1.82) is 0 Å². The van der Waals surface area contributed by atoms with E-state index in [4.69, 9.17) is 11.6 Å². The molecule has 0 aliphatic rings. The summed E-state index contributed by atoms with van der Waals surface area (Å²) in [7, 11) is 0. The quantitative estimate of drug-likeness (QED) is 0.421. The zero-order valence-electron chi connectivity index (χ0n) is 18.7. The van der Waals surface area contributed by atoms with E-state index in [1.807, 2.05) is 19.1 Å². The average Bonchev–Trinajstić information content (AvgIpc) is 3.14. The van der Waals surface area contributed by atoms with Crippen LogP contribution in [0.5, 0.6) is 0 Å². The zero-order valence-corrected chi connectivity index (χ0v) is 20.3. The Labute approximate surface area is 202 Å². The summed E-state index contributed by atoms with van der Waals surface area (Å²) in [6.45, 7) is 4.62. The van der Waals surface area contributed by atoms with E-state index in [9.17, 15) is 19.5 Å². The fourth-order valence-electron chi connectivity index (χ4n) is 3.38. The van der Waals surface area contributed by atoms with Crippen molar-refractivity contribution < 1.29 is 9.90 Å². The molecule has 0 amide bonds. The van der Waals surface area contributed by atoms with E-state index in [0.717, 1.165) is 25.4 Å². The van der Waals surface area contributed by atoms with Crippen LogP contribution in [0.25, 0.3) is 10.2 Å². The second-order valence-electron chi connectivity index (χ2n) is 8.52. The van der Waals surface area contributed by atoms with Gasteiger partial charge in [0, 0.05) is 11.6 Å². The number of halogens is 1. The number of fused-ring (bicyclic) bond motifs is 1. The van der Waals surface area contributed by atoms with Crippen molar-refractivity contribution in [3.63, 3.8) is 0 Å². The van der Waals surface area contributed by atoms with Gasteiger partial charge >= 0.3 is 17.3 Å². The van der Waals surface area contributed by atoms with Gasteiger partial charge in [0.05, 0.1) is 32.9 Å². The number of hydrogen-bond acceptors (Lipinski definition) is 6. The van der Waals surface area contributed by atoms with Gasteiger partial charge in [-0.3, -0.25) is 14.3 Å². The lowest BCUT2D eigenvalue weighted by molar-refractivity contribution is -0.147. The highest BCUT2D eigenvalue weighted by molar-refractivity contribution is 7.18. The lowest BCUT2D eigenvalue weighted by atomic mass is 9.94. The second kappa shape index (κ2) is 9.03. The first-order valence-corrected chi connectivity index (χ1v) is 11.6. The van der Waals surface area contributed by atoms with Crippen LogP contribution < -0.4 is 17.0 Å². The topological polar surface area (TPSA) is 122 Å². The van der Waals surface area contributed by atoms with Gasteiger partial charge in [-0.05, 0) is 56.7 Å². The Morgan fingerprint density at radius 3 is 2.56 bits per heavy atom. The smallest absolute Gasteiger partial charge is 0.335 e. The Morgan fingerprint density at radius 1 is 1.18 bits per heavy atom. The van der Waals surface area contributed by atoms with Crippen molar-refractivity contribution in [3.8, 4) is 0 Å². The highest BCUT2D eigenvalue weighted by Crippen LogP contribution is 2.25. The minimum atomic E-state index is -1.33. The number of aromatic nitrogens is 4. The molecule has 4 aromatic rings.